The van der Waals surface area contributed by atoms with Crippen LogP contribution in [0.1, 0.15) is 36.4 Å². The van der Waals surface area contributed by atoms with Crippen molar-refractivity contribution >= 4 is 41.3 Å². The molecule has 0 spiro atoms. The van der Waals surface area contributed by atoms with E-state index < -0.39 is 0 Å². The van der Waals surface area contributed by atoms with Crippen LogP contribution in [0.15, 0.2) is 46.1 Å². The lowest BCUT2D eigenvalue weighted by atomic mass is 10.0. The van der Waals surface area contributed by atoms with Crippen LogP contribution in [-0.4, -0.2) is 19.1 Å². The number of fused-ring (bicyclic) bond motifs is 1. The third-order valence-corrected chi connectivity index (χ3v) is 4.63. The van der Waals surface area contributed by atoms with Gasteiger partial charge in [0.2, 0.25) is 0 Å². The van der Waals surface area contributed by atoms with Crippen LogP contribution in [-0.2, 0) is 0 Å². The van der Waals surface area contributed by atoms with Gasteiger partial charge in [-0.25, -0.2) is 0 Å². The molecule has 124 valence electrons. The van der Waals surface area contributed by atoms with Gasteiger partial charge in [0.15, 0.2) is 5.96 Å². The zero-order chi connectivity index (χ0) is 15.4. The monoisotopic (exact) mass is 443 g/mol. The lowest BCUT2D eigenvalue weighted by molar-refractivity contribution is 0.262. The number of rotatable bonds is 4. The molecule has 4 nitrogen and oxygen atoms in total. The van der Waals surface area contributed by atoms with Crippen LogP contribution in [0.25, 0.3) is 0 Å². The number of nitrogens with one attached hydrogen (secondary N) is 1. The molecule has 0 saturated carbocycles. The number of para-hydroxylation sites is 1. The van der Waals surface area contributed by atoms with Crippen molar-refractivity contribution in [2.75, 3.05) is 13.2 Å². The Kier molecular flexibility index (Phi) is 6.71. The van der Waals surface area contributed by atoms with E-state index in [0.29, 0.717) is 25.0 Å². The van der Waals surface area contributed by atoms with E-state index in [1.165, 1.54) is 5.56 Å². The van der Waals surface area contributed by atoms with Gasteiger partial charge in [-0.3, -0.25) is 4.99 Å². The van der Waals surface area contributed by atoms with E-state index in [1.54, 1.807) is 11.3 Å². The van der Waals surface area contributed by atoms with E-state index in [1.807, 2.05) is 18.2 Å². The van der Waals surface area contributed by atoms with Crippen molar-refractivity contribution in [1.82, 2.24) is 5.32 Å². The van der Waals surface area contributed by atoms with E-state index in [-0.39, 0.29) is 30.0 Å². The zero-order valence-corrected chi connectivity index (χ0v) is 16.2. The van der Waals surface area contributed by atoms with Crippen LogP contribution in [0.5, 0.6) is 5.75 Å². The molecule has 1 aliphatic heterocycles. The van der Waals surface area contributed by atoms with Crippen LogP contribution in [0.3, 0.4) is 0 Å². The number of benzene rings is 1. The molecule has 0 bridgehead atoms. The number of nitrogens with zero attached hydrogens (tertiary/aromatic N) is 1. The zero-order valence-electron chi connectivity index (χ0n) is 13.1. The molecule has 1 aliphatic rings. The molecule has 3 N–H and O–H groups in total. The summed E-state index contributed by atoms with van der Waals surface area (Å²) < 4.78 is 5.66. The lowest BCUT2D eigenvalue weighted by Crippen LogP contribution is -2.37. The minimum atomic E-state index is 0. The van der Waals surface area contributed by atoms with Crippen molar-refractivity contribution in [2.45, 2.75) is 25.3 Å². The van der Waals surface area contributed by atoms with E-state index in [2.05, 4.69) is 40.1 Å². The highest BCUT2D eigenvalue weighted by Gasteiger charge is 2.21. The van der Waals surface area contributed by atoms with Gasteiger partial charge in [0.25, 0.3) is 0 Å². The molecule has 23 heavy (non-hydrogen) atoms. The van der Waals surface area contributed by atoms with Crippen LogP contribution < -0.4 is 15.8 Å². The summed E-state index contributed by atoms with van der Waals surface area (Å²) in [6, 6.07) is 10.4. The lowest BCUT2D eigenvalue weighted by Gasteiger charge is -2.27. The van der Waals surface area contributed by atoms with E-state index in [4.69, 9.17) is 10.5 Å². The Labute approximate surface area is 158 Å². The number of halogens is 1. The van der Waals surface area contributed by atoms with Gasteiger partial charge in [0.05, 0.1) is 12.6 Å². The third kappa shape index (κ3) is 4.60. The summed E-state index contributed by atoms with van der Waals surface area (Å²) in [6.07, 6.45) is 0.896. The van der Waals surface area contributed by atoms with Crippen LogP contribution in [0.4, 0.5) is 0 Å². The van der Waals surface area contributed by atoms with Crippen LogP contribution >= 0.6 is 35.3 Å². The Morgan fingerprint density at radius 3 is 3.04 bits per heavy atom. The van der Waals surface area contributed by atoms with Gasteiger partial charge in [-0.1, -0.05) is 25.1 Å². The fraction of sp³-hybridized carbons (Fsp3) is 0.353. The first kappa shape index (κ1) is 18.1. The summed E-state index contributed by atoms with van der Waals surface area (Å²) in [7, 11) is 0. The first-order chi connectivity index (χ1) is 10.7. The average molecular weight is 443 g/mol. The number of aliphatic imine (C=N–C) groups is 1. The van der Waals surface area contributed by atoms with Gasteiger partial charge < -0.3 is 15.8 Å². The maximum absolute atomic E-state index is 6.06. The van der Waals surface area contributed by atoms with Crippen molar-refractivity contribution in [1.29, 1.82) is 0 Å². The van der Waals surface area contributed by atoms with Gasteiger partial charge in [0, 0.05) is 24.4 Å². The SMILES string of the molecule is CC(CN=C(N)NC1CCOc2ccccc21)c1ccsc1.I. The van der Waals surface area contributed by atoms with Gasteiger partial charge in [-0.05, 0) is 28.5 Å². The Morgan fingerprint density at radius 1 is 1.43 bits per heavy atom. The molecule has 2 unspecified atom stereocenters. The number of hydrogen-bond donors (Lipinski definition) is 2. The van der Waals surface area contributed by atoms with Crippen molar-refractivity contribution in [3.8, 4) is 5.75 Å². The summed E-state index contributed by atoms with van der Waals surface area (Å²) in [5.41, 5.74) is 8.53. The molecular weight excluding hydrogens is 421 g/mol. The molecule has 1 aromatic heterocycles. The van der Waals surface area contributed by atoms with Gasteiger partial charge in [-0.2, -0.15) is 11.3 Å². The van der Waals surface area contributed by atoms with Gasteiger partial charge in [-0.15, -0.1) is 24.0 Å². The summed E-state index contributed by atoms with van der Waals surface area (Å²) in [5.74, 6) is 1.82. The van der Waals surface area contributed by atoms with Crippen molar-refractivity contribution < 1.29 is 4.74 Å². The molecule has 6 heteroatoms. The molecule has 3 rings (SSSR count). The largest absolute Gasteiger partial charge is 0.493 e. The van der Waals surface area contributed by atoms with Crippen molar-refractivity contribution in [3.05, 3.63) is 52.2 Å². The van der Waals surface area contributed by atoms with E-state index in [0.717, 1.165) is 17.7 Å². The molecule has 2 atom stereocenters. The van der Waals surface area contributed by atoms with E-state index >= 15 is 0 Å². The summed E-state index contributed by atoms with van der Waals surface area (Å²) in [6.45, 7) is 3.57. The predicted molar refractivity (Wildman–Crippen MR) is 107 cm³/mol. The second kappa shape index (κ2) is 8.54. The van der Waals surface area contributed by atoms with Crippen molar-refractivity contribution in [2.24, 2.45) is 10.7 Å². The Balaban J connectivity index is 0.00000192. The fourth-order valence-electron chi connectivity index (χ4n) is 2.61. The molecular formula is C17H22IN3OS. The highest BCUT2D eigenvalue weighted by atomic mass is 127. The molecule has 0 saturated heterocycles. The van der Waals surface area contributed by atoms with Crippen LogP contribution in [0.2, 0.25) is 0 Å². The number of guanidine groups is 1. The standard InChI is InChI=1S/C17H21N3OS.HI/c1-12(13-7-9-22-11-13)10-19-17(18)20-15-6-8-21-16-5-3-2-4-14(15)16;/h2-5,7,9,11-12,15H,6,8,10H2,1H3,(H3,18,19,20);1H. The first-order valence-electron chi connectivity index (χ1n) is 7.54. The Morgan fingerprint density at radius 2 is 2.26 bits per heavy atom. The molecule has 0 aliphatic carbocycles. The second-order valence-electron chi connectivity index (χ2n) is 5.56. The molecule has 0 amide bonds. The molecule has 0 radical (unpaired) electrons. The quantitative estimate of drug-likeness (QED) is 0.428. The van der Waals surface area contributed by atoms with Gasteiger partial charge >= 0.3 is 0 Å². The maximum atomic E-state index is 6.06. The highest BCUT2D eigenvalue weighted by Crippen LogP contribution is 2.31. The number of nitrogens with two attached hydrogens (primary N) is 1. The number of thiophene rings is 1. The molecule has 1 aromatic carbocycles. The fourth-order valence-corrected chi connectivity index (χ4v) is 3.39. The third-order valence-electron chi connectivity index (χ3n) is 3.93. The minimum Gasteiger partial charge on any atom is -0.493 e. The smallest absolute Gasteiger partial charge is 0.189 e. The van der Waals surface area contributed by atoms with E-state index in [9.17, 15) is 0 Å². The normalized spacial score (nSPS) is 18.3. The summed E-state index contributed by atoms with van der Waals surface area (Å²) in [5, 5.41) is 7.58. The minimum absolute atomic E-state index is 0. The highest BCUT2D eigenvalue weighted by molar-refractivity contribution is 14.0. The maximum Gasteiger partial charge on any atom is 0.189 e. The molecule has 0 fully saturated rings. The second-order valence-corrected chi connectivity index (χ2v) is 6.34. The van der Waals surface area contributed by atoms with Gasteiger partial charge in [0.1, 0.15) is 5.75 Å². The van der Waals surface area contributed by atoms with Crippen molar-refractivity contribution in [3.63, 3.8) is 0 Å². The summed E-state index contributed by atoms with van der Waals surface area (Å²) in [4.78, 5) is 4.49. The topological polar surface area (TPSA) is 59.6 Å². The predicted octanol–water partition coefficient (Wildman–Crippen LogP) is 3.90. The first-order valence-corrected chi connectivity index (χ1v) is 8.48. The average Bonchev–Trinajstić information content (AvgIpc) is 3.07. The van der Waals surface area contributed by atoms with Crippen LogP contribution in [0, 0.1) is 0 Å². The molecule has 2 aromatic rings. The Hall–Kier alpha value is -1.28. The number of hydrogen-bond acceptors (Lipinski definition) is 3. The Bertz CT molecular complexity index is 645. The summed E-state index contributed by atoms with van der Waals surface area (Å²) >= 11 is 1.71. The molecule has 2 heterocycles. The number of ether oxygens (including phenoxy) is 1.